The van der Waals surface area contributed by atoms with Crippen molar-refractivity contribution in [2.75, 3.05) is 4.90 Å². The van der Waals surface area contributed by atoms with Gasteiger partial charge >= 0.3 is 0 Å². The Hall–Kier alpha value is -2.37. The lowest BCUT2D eigenvalue weighted by molar-refractivity contribution is -0.125. The van der Waals surface area contributed by atoms with Crippen molar-refractivity contribution in [2.45, 2.75) is 12.5 Å². The van der Waals surface area contributed by atoms with Gasteiger partial charge in [-0.1, -0.05) is 52.6 Å². The standard InChI is InChI=1S/C22H16Cl2N2O3/c23-10-6-7-12(15(24)8-10)19-18-13-9-14(20(18)29-25-19)17-16(13)21(27)26(22(17)28)11-4-2-1-3-5-11/h1-8,13-14,16-18,20H,9H2/t13-,14+,16-,17+,18+,20+/m1/s1. The van der Waals surface area contributed by atoms with Crippen LogP contribution in [0.15, 0.2) is 53.7 Å². The summed E-state index contributed by atoms with van der Waals surface area (Å²) < 4.78 is 0. The number of halogens is 2. The van der Waals surface area contributed by atoms with Gasteiger partial charge in [-0.05, 0) is 36.6 Å². The number of hydrogen-bond acceptors (Lipinski definition) is 4. The molecule has 2 aromatic rings. The number of carbonyl (C=O) groups excluding carboxylic acids is 2. The highest BCUT2D eigenvalue weighted by atomic mass is 35.5. The fourth-order valence-corrected chi connectivity index (χ4v) is 6.38. The van der Waals surface area contributed by atoms with Gasteiger partial charge in [0.2, 0.25) is 11.8 Å². The molecule has 146 valence electrons. The summed E-state index contributed by atoms with van der Waals surface area (Å²) in [6.07, 6.45) is 0.616. The van der Waals surface area contributed by atoms with Crippen molar-refractivity contribution >= 4 is 46.4 Å². The zero-order valence-electron chi connectivity index (χ0n) is 15.2. The second kappa shape index (κ2) is 6.07. The van der Waals surface area contributed by atoms with Crippen molar-refractivity contribution in [3.05, 3.63) is 64.1 Å². The van der Waals surface area contributed by atoms with Crippen LogP contribution in [-0.4, -0.2) is 23.6 Å². The van der Waals surface area contributed by atoms with Crippen LogP contribution < -0.4 is 4.90 Å². The molecule has 3 fully saturated rings. The van der Waals surface area contributed by atoms with Gasteiger partial charge in [0.15, 0.2) is 0 Å². The van der Waals surface area contributed by atoms with E-state index >= 15 is 0 Å². The van der Waals surface area contributed by atoms with Gasteiger partial charge in [-0.15, -0.1) is 0 Å². The average Bonchev–Trinajstić information content (AvgIpc) is 3.43. The number of nitrogens with zero attached hydrogens (tertiary/aromatic N) is 2. The van der Waals surface area contributed by atoms with Crippen LogP contribution in [-0.2, 0) is 14.4 Å². The molecule has 7 heteroatoms. The first-order valence-corrected chi connectivity index (χ1v) is 10.4. The Balaban J connectivity index is 1.37. The Morgan fingerprint density at radius 2 is 1.66 bits per heavy atom. The third kappa shape index (κ3) is 2.26. The van der Waals surface area contributed by atoms with E-state index in [0.717, 1.165) is 17.7 Å². The average molecular weight is 427 g/mol. The maximum Gasteiger partial charge on any atom is 0.238 e. The zero-order chi connectivity index (χ0) is 19.9. The summed E-state index contributed by atoms with van der Waals surface area (Å²) in [4.78, 5) is 33.7. The molecule has 6 rings (SSSR count). The van der Waals surface area contributed by atoms with Crippen LogP contribution in [0.3, 0.4) is 0 Å². The molecule has 2 amide bonds. The van der Waals surface area contributed by atoms with Crippen molar-refractivity contribution in [1.82, 2.24) is 0 Å². The molecule has 2 aromatic carbocycles. The lowest BCUT2D eigenvalue weighted by Gasteiger charge is -2.30. The summed E-state index contributed by atoms with van der Waals surface area (Å²) in [5.74, 6) is -0.895. The van der Waals surface area contributed by atoms with Crippen LogP contribution in [0.5, 0.6) is 0 Å². The van der Waals surface area contributed by atoms with Gasteiger partial charge in [0.25, 0.3) is 0 Å². The first kappa shape index (κ1) is 17.5. The van der Waals surface area contributed by atoms with E-state index in [2.05, 4.69) is 5.16 Å². The molecule has 6 atom stereocenters. The lowest BCUT2D eigenvalue weighted by atomic mass is 9.71. The van der Waals surface area contributed by atoms with Gasteiger partial charge in [-0.25, -0.2) is 0 Å². The summed E-state index contributed by atoms with van der Waals surface area (Å²) in [7, 11) is 0. The lowest BCUT2D eigenvalue weighted by Crippen LogP contribution is -2.41. The topological polar surface area (TPSA) is 59.0 Å². The third-order valence-electron chi connectivity index (χ3n) is 6.91. The number of fused-ring (bicyclic) bond motifs is 8. The number of imide groups is 1. The summed E-state index contributed by atoms with van der Waals surface area (Å²) in [6.45, 7) is 0. The summed E-state index contributed by atoms with van der Waals surface area (Å²) in [5.41, 5.74) is 2.18. The fraction of sp³-hybridized carbons (Fsp3) is 0.318. The molecular formula is C22H16Cl2N2O3. The Labute approximate surface area is 177 Å². The summed E-state index contributed by atoms with van der Waals surface area (Å²) in [5, 5.41) is 5.40. The van der Waals surface area contributed by atoms with E-state index in [-0.39, 0.29) is 47.5 Å². The summed E-state index contributed by atoms with van der Waals surface area (Å²) >= 11 is 12.5. The molecule has 29 heavy (non-hydrogen) atoms. The van der Waals surface area contributed by atoms with Crippen molar-refractivity contribution in [3.8, 4) is 0 Å². The van der Waals surface area contributed by atoms with Gasteiger partial charge < -0.3 is 4.84 Å². The largest absolute Gasteiger partial charge is 0.391 e. The quantitative estimate of drug-likeness (QED) is 0.677. The number of rotatable bonds is 2. The third-order valence-corrected chi connectivity index (χ3v) is 7.46. The van der Waals surface area contributed by atoms with E-state index in [0.29, 0.717) is 15.7 Å². The first-order chi connectivity index (χ1) is 14.1. The van der Waals surface area contributed by atoms with Gasteiger partial charge in [-0.3, -0.25) is 14.5 Å². The minimum absolute atomic E-state index is 0.00696. The zero-order valence-corrected chi connectivity index (χ0v) is 16.7. The van der Waals surface area contributed by atoms with Crippen molar-refractivity contribution < 1.29 is 14.4 Å². The molecule has 2 aliphatic carbocycles. The Morgan fingerprint density at radius 3 is 2.38 bits per heavy atom. The molecule has 0 unspecified atom stereocenters. The number of para-hydroxylation sites is 1. The maximum absolute atomic E-state index is 13.3. The molecule has 2 bridgehead atoms. The molecule has 0 spiro atoms. The normalized spacial score (nSPS) is 34.3. The monoisotopic (exact) mass is 426 g/mol. The number of hydrogen-bond donors (Lipinski definition) is 0. The minimum atomic E-state index is -0.329. The molecule has 5 nitrogen and oxygen atoms in total. The molecule has 4 aliphatic rings. The van der Waals surface area contributed by atoms with E-state index in [4.69, 9.17) is 28.0 Å². The van der Waals surface area contributed by atoms with E-state index < -0.39 is 0 Å². The van der Waals surface area contributed by atoms with E-state index in [9.17, 15) is 9.59 Å². The van der Waals surface area contributed by atoms with Crippen LogP contribution in [0.25, 0.3) is 0 Å². The van der Waals surface area contributed by atoms with E-state index in [1.807, 2.05) is 24.3 Å². The SMILES string of the molecule is O=C1[C@@H]2[C@H]3C[C@H]([C@@H]4ON=C(c5ccc(Cl)cc5Cl)[C@H]34)[C@@H]2C(=O)N1c1ccccc1. The number of carbonyl (C=O) groups is 2. The number of anilines is 1. The minimum Gasteiger partial charge on any atom is -0.391 e. The van der Waals surface area contributed by atoms with Gasteiger partial charge in [0.05, 0.1) is 28.3 Å². The maximum atomic E-state index is 13.3. The van der Waals surface area contributed by atoms with Crippen LogP contribution in [0.4, 0.5) is 5.69 Å². The predicted molar refractivity (Wildman–Crippen MR) is 109 cm³/mol. The van der Waals surface area contributed by atoms with Crippen molar-refractivity contribution in [1.29, 1.82) is 0 Å². The van der Waals surface area contributed by atoms with Crippen LogP contribution in [0.2, 0.25) is 10.0 Å². The molecule has 2 saturated carbocycles. The highest BCUT2D eigenvalue weighted by Gasteiger charge is 2.70. The summed E-state index contributed by atoms with van der Waals surface area (Å²) in [6, 6.07) is 14.5. The number of amides is 2. The molecular weight excluding hydrogens is 411 g/mol. The Bertz CT molecular complexity index is 1090. The van der Waals surface area contributed by atoms with Gasteiger partial charge in [-0.2, -0.15) is 0 Å². The highest BCUT2D eigenvalue weighted by molar-refractivity contribution is 6.37. The van der Waals surface area contributed by atoms with Gasteiger partial charge in [0.1, 0.15) is 6.10 Å². The molecule has 2 aliphatic heterocycles. The molecule has 0 aromatic heterocycles. The van der Waals surface area contributed by atoms with Crippen molar-refractivity contribution in [3.63, 3.8) is 0 Å². The fourth-order valence-electron chi connectivity index (χ4n) is 5.88. The molecule has 1 saturated heterocycles. The Morgan fingerprint density at radius 1 is 0.931 bits per heavy atom. The number of oxime groups is 1. The second-order valence-corrected chi connectivity index (χ2v) is 9.00. The molecule has 0 N–H and O–H groups in total. The first-order valence-electron chi connectivity index (χ1n) is 9.68. The highest BCUT2D eigenvalue weighted by Crippen LogP contribution is 2.62. The predicted octanol–water partition coefficient (Wildman–Crippen LogP) is 4.17. The Kier molecular flexibility index (Phi) is 3.66. The number of benzene rings is 2. The van der Waals surface area contributed by atoms with Crippen LogP contribution in [0, 0.1) is 29.6 Å². The second-order valence-electron chi connectivity index (χ2n) is 8.16. The molecule has 0 radical (unpaired) electrons. The van der Waals surface area contributed by atoms with Gasteiger partial charge in [0, 0.05) is 22.4 Å². The van der Waals surface area contributed by atoms with Crippen LogP contribution >= 0.6 is 23.2 Å². The van der Waals surface area contributed by atoms with Crippen LogP contribution in [0.1, 0.15) is 12.0 Å². The van der Waals surface area contributed by atoms with Crippen molar-refractivity contribution in [2.24, 2.45) is 34.7 Å². The molecule has 2 heterocycles. The smallest absolute Gasteiger partial charge is 0.238 e. The van der Waals surface area contributed by atoms with E-state index in [1.165, 1.54) is 4.90 Å². The van der Waals surface area contributed by atoms with E-state index in [1.54, 1.807) is 24.3 Å².